The van der Waals surface area contributed by atoms with Crippen molar-refractivity contribution >= 4 is 17.7 Å². The SMILES string of the molecule is CCN(Cc1ccccc1)C(=O)CCCSC1(c2ccc(OC)c(OC)c2)N=NN=N1. The van der Waals surface area contributed by atoms with Crippen LogP contribution in [0.4, 0.5) is 0 Å². The molecule has 0 aromatic heterocycles. The van der Waals surface area contributed by atoms with Gasteiger partial charge in [-0.1, -0.05) is 30.3 Å². The molecule has 2 aromatic rings. The number of hydrogen-bond donors (Lipinski definition) is 0. The number of rotatable bonds is 11. The van der Waals surface area contributed by atoms with E-state index in [1.165, 1.54) is 11.8 Å². The van der Waals surface area contributed by atoms with Crippen molar-refractivity contribution < 1.29 is 14.3 Å². The summed E-state index contributed by atoms with van der Waals surface area (Å²) in [6, 6.07) is 15.5. The Bertz CT molecular complexity index is 924. The van der Waals surface area contributed by atoms with Gasteiger partial charge in [-0.2, -0.15) is 0 Å². The van der Waals surface area contributed by atoms with E-state index in [1.54, 1.807) is 14.2 Å². The number of amides is 1. The Labute approximate surface area is 186 Å². The van der Waals surface area contributed by atoms with Gasteiger partial charge in [0.15, 0.2) is 11.5 Å². The van der Waals surface area contributed by atoms with Crippen LogP contribution in [0.25, 0.3) is 0 Å². The molecule has 0 saturated heterocycles. The number of benzene rings is 2. The minimum atomic E-state index is -0.961. The maximum Gasteiger partial charge on any atom is 0.265 e. The zero-order chi connectivity index (χ0) is 22.1. The summed E-state index contributed by atoms with van der Waals surface area (Å²) < 4.78 is 10.7. The molecule has 0 bridgehead atoms. The van der Waals surface area contributed by atoms with Crippen LogP contribution >= 0.6 is 11.8 Å². The topological polar surface area (TPSA) is 88.2 Å². The minimum Gasteiger partial charge on any atom is -0.493 e. The number of thioether (sulfide) groups is 1. The van der Waals surface area contributed by atoms with Crippen LogP contribution in [0.5, 0.6) is 11.5 Å². The lowest BCUT2D eigenvalue weighted by molar-refractivity contribution is -0.131. The molecule has 3 rings (SSSR count). The summed E-state index contributed by atoms with van der Waals surface area (Å²) in [6.45, 7) is 3.31. The number of hydrogen-bond acceptors (Lipinski definition) is 8. The molecule has 0 fully saturated rings. The van der Waals surface area contributed by atoms with E-state index in [1.807, 2.05) is 60.4 Å². The second-order valence-electron chi connectivity index (χ2n) is 6.90. The van der Waals surface area contributed by atoms with Gasteiger partial charge in [-0.05, 0) is 53.3 Å². The van der Waals surface area contributed by atoms with Crippen LogP contribution in [0.2, 0.25) is 0 Å². The Morgan fingerprint density at radius 3 is 2.39 bits per heavy atom. The fraction of sp³-hybridized carbons (Fsp3) is 0.409. The Morgan fingerprint density at radius 1 is 1.03 bits per heavy atom. The fourth-order valence-corrected chi connectivity index (χ4v) is 4.31. The standard InChI is InChI=1S/C22H27N5O3S/c1-4-27(16-17-9-6-5-7-10-17)21(28)11-8-14-31-22(23-25-26-24-22)18-12-13-19(29-2)20(15-18)30-3/h5-7,9-10,12-13,15H,4,8,11,14,16H2,1-3H3. The molecule has 2 aromatic carbocycles. The van der Waals surface area contributed by atoms with Crippen molar-refractivity contribution in [1.29, 1.82) is 0 Å². The highest BCUT2D eigenvalue weighted by Crippen LogP contribution is 2.45. The van der Waals surface area contributed by atoms with Crippen LogP contribution in [0.3, 0.4) is 0 Å². The summed E-state index contributed by atoms with van der Waals surface area (Å²) in [7, 11) is 3.17. The second kappa shape index (κ2) is 10.9. The van der Waals surface area contributed by atoms with E-state index in [0.717, 1.165) is 11.1 Å². The zero-order valence-electron chi connectivity index (χ0n) is 18.0. The number of carbonyl (C=O) groups is 1. The van der Waals surface area contributed by atoms with Crippen molar-refractivity contribution in [2.75, 3.05) is 26.5 Å². The third kappa shape index (κ3) is 5.61. The van der Waals surface area contributed by atoms with E-state index < -0.39 is 4.99 Å². The summed E-state index contributed by atoms with van der Waals surface area (Å²) in [5.41, 5.74) is 1.93. The molecule has 0 spiro atoms. The number of carbonyl (C=O) groups excluding carboxylic acids is 1. The van der Waals surface area contributed by atoms with Gasteiger partial charge in [-0.3, -0.25) is 4.79 Å². The lowest BCUT2D eigenvalue weighted by Crippen LogP contribution is -2.30. The molecule has 0 unspecified atom stereocenters. The Balaban J connectivity index is 1.58. The smallest absolute Gasteiger partial charge is 0.265 e. The van der Waals surface area contributed by atoms with E-state index in [-0.39, 0.29) is 5.91 Å². The van der Waals surface area contributed by atoms with Gasteiger partial charge in [0, 0.05) is 25.1 Å². The Morgan fingerprint density at radius 2 is 1.74 bits per heavy atom. The van der Waals surface area contributed by atoms with Crippen LogP contribution in [0.1, 0.15) is 30.9 Å². The molecule has 8 nitrogen and oxygen atoms in total. The first kappa shape index (κ1) is 22.7. The van der Waals surface area contributed by atoms with Crippen molar-refractivity contribution in [3.8, 4) is 11.5 Å². The maximum atomic E-state index is 12.7. The Hall–Kier alpha value is -2.94. The summed E-state index contributed by atoms with van der Waals surface area (Å²) in [5, 5.41) is 16.0. The van der Waals surface area contributed by atoms with Crippen LogP contribution in [0, 0.1) is 0 Å². The zero-order valence-corrected chi connectivity index (χ0v) is 18.8. The third-order valence-electron chi connectivity index (χ3n) is 4.95. The molecule has 9 heteroatoms. The predicted octanol–water partition coefficient (Wildman–Crippen LogP) is 5.21. The van der Waals surface area contributed by atoms with Gasteiger partial charge in [-0.15, -0.1) is 22.0 Å². The third-order valence-corrected chi connectivity index (χ3v) is 6.24. The lowest BCUT2D eigenvalue weighted by Gasteiger charge is -2.22. The molecule has 0 aliphatic carbocycles. The van der Waals surface area contributed by atoms with Gasteiger partial charge in [0.2, 0.25) is 5.91 Å². The van der Waals surface area contributed by atoms with Gasteiger partial charge in [0.1, 0.15) is 0 Å². The normalized spacial score (nSPS) is 13.9. The largest absolute Gasteiger partial charge is 0.493 e. The minimum absolute atomic E-state index is 0.141. The fourth-order valence-electron chi connectivity index (χ4n) is 3.25. The molecule has 1 heterocycles. The van der Waals surface area contributed by atoms with Crippen molar-refractivity contribution in [2.24, 2.45) is 20.7 Å². The van der Waals surface area contributed by atoms with Crippen LogP contribution in [0.15, 0.2) is 69.2 Å². The molecule has 0 atom stereocenters. The van der Waals surface area contributed by atoms with E-state index in [9.17, 15) is 4.79 Å². The summed E-state index contributed by atoms with van der Waals surface area (Å²) in [5.74, 6) is 2.04. The van der Waals surface area contributed by atoms with Gasteiger partial charge < -0.3 is 14.4 Å². The number of ether oxygens (including phenoxy) is 2. The molecule has 164 valence electrons. The summed E-state index contributed by atoms with van der Waals surface area (Å²) in [4.78, 5) is 13.6. The van der Waals surface area contributed by atoms with Crippen LogP contribution < -0.4 is 9.47 Å². The van der Waals surface area contributed by atoms with Crippen molar-refractivity contribution in [3.05, 3.63) is 59.7 Å². The lowest BCUT2D eigenvalue weighted by atomic mass is 10.1. The molecule has 0 radical (unpaired) electrons. The molecule has 31 heavy (non-hydrogen) atoms. The average molecular weight is 442 g/mol. The van der Waals surface area contributed by atoms with Gasteiger partial charge in [0.25, 0.3) is 4.99 Å². The molecule has 1 aliphatic rings. The van der Waals surface area contributed by atoms with Gasteiger partial charge in [0.05, 0.1) is 14.2 Å². The second-order valence-corrected chi connectivity index (χ2v) is 8.17. The predicted molar refractivity (Wildman–Crippen MR) is 120 cm³/mol. The van der Waals surface area contributed by atoms with Gasteiger partial charge in [-0.25, -0.2) is 0 Å². The number of nitrogens with zero attached hydrogens (tertiary/aromatic N) is 5. The maximum absolute atomic E-state index is 12.7. The van der Waals surface area contributed by atoms with E-state index in [4.69, 9.17) is 9.47 Å². The highest BCUT2D eigenvalue weighted by Gasteiger charge is 2.37. The summed E-state index contributed by atoms with van der Waals surface area (Å²) >= 11 is 1.49. The van der Waals surface area contributed by atoms with E-state index in [2.05, 4.69) is 20.7 Å². The number of methoxy groups -OCH3 is 2. The highest BCUT2D eigenvalue weighted by molar-refractivity contribution is 8.00. The molecule has 0 N–H and O–H groups in total. The molecule has 1 amide bonds. The first-order chi connectivity index (χ1) is 15.1. The monoisotopic (exact) mass is 441 g/mol. The van der Waals surface area contributed by atoms with Crippen LogP contribution in [-0.4, -0.2) is 37.3 Å². The Kier molecular flexibility index (Phi) is 8.00. The molecule has 1 aliphatic heterocycles. The van der Waals surface area contributed by atoms with Crippen molar-refractivity contribution in [2.45, 2.75) is 31.3 Å². The average Bonchev–Trinajstić information content (AvgIpc) is 3.30. The molecular weight excluding hydrogens is 414 g/mol. The van der Waals surface area contributed by atoms with Gasteiger partial charge >= 0.3 is 0 Å². The molecular formula is C22H27N5O3S. The van der Waals surface area contributed by atoms with E-state index in [0.29, 0.717) is 43.2 Å². The molecule has 0 saturated carbocycles. The quantitative estimate of drug-likeness (QED) is 0.448. The van der Waals surface area contributed by atoms with Crippen molar-refractivity contribution in [3.63, 3.8) is 0 Å². The summed E-state index contributed by atoms with van der Waals surface area (Å²) in [6.07, 6.45) is 1.17. The van der Waals surface area contributed by atoms with Crippen LogP contribution in [-0.2, 0) is 16.3 Å². The van der Waals surface area contributed by atoms with Crippen molar-refractivity contribution in [1.82, 2.24) is 4.90 Å². The highest BCUT2D eigenvalue weighted by atomic mass is 32.2. The first-order valence-electron chi connectivity index (χ1n) is 10.1. The first-order valence-corrected chi connectivity index (χ1v) is 11.1. The van der Waals surface area contributed by atoms with E-state index >= 15 is 0 Å².